The number of ether oxygens (including phenoxy) is 1. The molecule has 1 unspecified atom stereocenters. The van der Waals surface area contributed by atoms with E-state index in [0.717, 1.165) is 22.7 Å². The molecular weight excluding hydrogens is 262 g/mol. The molecule has 1 N–H and O–H groups in total. The van der Waals surface area contributed by atoms with Crippen LogP contribution in [-0.2, 0) is 6.42 Å². The number of aromatic nitrogens is 2. The maximum Gasteiger partial charge on any atom is 0.216 e. The van der Waals surface area contributed by atoms with Crippen molar-refractivity contribution in [1.82, 2.24) is 15.3 Å². The van der Waals surface area contributed by atoms with Crippen LogP contribution in [0.2, 0.25) is 5.02 Å². The fourth-order valence-electron chi connectivity index (χ4n) is 1.91. The number of likely N-dealkylation sites (N-methyl/N-ethyl adjacent to an activating group) is 1. The number of benzene rings is 1. The van der Waals surface area contributed by atoms with Crippen molar-refractivity contribution in [2.24, 2.45) is 0 Å². The molecule has 0 saturated heterocycles. The highest BCUT2D eigenvalue weighted by molar-refractivity contribution is 6.30. The molecule has 1 aromatic heterocycles. The van der Waals surface area contributed by atoms with E-state index in [1.807, 2.05) is 31.3 Å². The number of hydrogen-bond acceptors (Lipinski definition) is 4. The molecule has 1 atom stereocenters. The van der Waals surface area contributed by atoms with Crippen LogP contribution in [0.4, 0.5) is 0 Å². The lowest BCUT2D eigenvalue weighted by Crippen LogP contribution is -2.20. The predicted octanol–water partition coefficient (Wildman–Crippen LogP) is 2.64. The van der Waals surface area contributed by atoms with Crippen molar-refractivity contribution in [3.8, 4) is 5.88 Å². The molecule has 0 radical (unpaired) electrons. The van der Waals surface area contributed by atoms with E-state index in [2.05, 4.69) is 21.4 Å². The first-order valence-corrected chi connectivity index (χ1v) is 6.38. The van der Waals surface area contributed by atoms with E-state index in [0.29, 0.717) is 5.88 Å². The molecule has 0 fully saturated rings. The van der Waals surface area contributed by atoms with Gasteiger partial charge in [-0.15, -0.1) is 0 Å². The van der Waals surface area contributed by atoms with Crippen LogP contribution in [0.15, 0.2) is 36.7 Å². The molecule has 0 aliphatic rings. The second-order valence-corrected chi connectivity index (χ2v) is 4.60. The zero-order valence-corrected chi connectivity index (χ0v) is 11.7. The van der Waals surface area contributed by atoms with Gasteiger partial charge in [0.1, 0.15) is 6.33 Å². The first-order valence-electron chi connectivity index (χ1n) is 6.00. The van der Waals surface area contributed by atoms with E-state index < -0.39 is 0 Å². The molecule has 0 saturated carbocycles. The minimum Gasteiger partial charge on any atom is -0.481 e. The van der Waals surface area contributed by atoms with Gasteiger partial charge in [-0.1, -0.05) is 23.7 Å². The third kappa shape index (κ3) is 3.66. The molecule has 4 nitrogen and oxygen atoms in total. The van der Waals surface area contributed by atoms with E-state index in [9.17, 15) is 0 Å². The zero-order chi connectivity index (χ0) is 13.7. The summed E-state index contributed by atoms with van der Waals surface area (Å²) in [5.41, 5.74) is 2.05. The van der Waals surface area contributed by atoms with Gasteiger partial charge in [-0.3, -0.25) is 0 Å². The van der Waals surface area contributed by atoms with E-state index in [4.69, 9.17) is 16.3 Å². The van der Waals surface area contributed by atoms with Crippen LogP contribution in [0, 0.1) is 0 Å². The van der Waals surface area contributed by atoms with Gasteiger partial charge < -0.3 is 10.1 Å². The maximum atomic E-state index is 6.00. The fraction of sp³-hybridized carbons (Fsp3) is 0.286. The third-order valence-electron chi connectivity index (χ3n) is 2.91. The summed E-state index contributed by atoms with van der Waals surface area (Å²) in [5.74, 6) is 0.566. The van der Waals surface area contributed by atoms with E-state index in [-0.39, 0.29) is 6.04 Å². The lowest BCUT2D eigenvalue weighted by molar-refractivity contribution is 0.394. The summed E-state index contributed by atoms with van der Waals surface area (Å²) in [6, 6.07) is 9.76. The fourth-order valence-corrected chi connectivity index (χ4v) is 2.12. The van der Waals surface area contributed by atoms with Crippen LogP contribution >= 0.6 is 11.6 Å². The third-order valence-corrected chi connectivity index (χ3v) is 3.14. The standard InChI is InChI=1S/C14H16ClN3O/c1-16-12(7-10-4-3-5-11(15)6-10)13-8-14(19-2)18-9-17-13/h3-6,8-9,12,16H,7H2,1-2H3. The van der Waals surface area contributed by atoms with Crippen molar-refractivity contribution in [3.63, 3.8) is 0 Å². The van der Waals surface area contributed by atoms with E-state index in [1.165, 1.54) is 6.33 Å². The number of methoxy groups -OCH3 is 1. The van der Waals surface area contributed by atoms with E-state index >= 15 is 0 Å². The average molecular weight is 278 g/mol. The lowest BCUT2D eigenvalue weighted by Gasteiger charge is -2.16. The van der Waals surface area contributed by atoms with Gasteiger partial charge in [-0.25, -0.2) is 9.97 Å². The van der Waals surface area contributed by atoms with Crippen LogP contribution in [0.5, 0.6) is 5.88 Å². The molecule has 0 spiro atoms. The largest absolute Gasteiger partial charge is 0.481 e. The quantitative estimate of drug-likeness (QED) is 0.913. The molecule has 5 heteroatoms. The van der Waals surface area contributed by atoms with Crippen molar-refractivity contribution < 1.29 is 4.74 Å². The molecule has 100 valence electrons. The summed E-state index contributed by atoms with van der Waals surface area (Å²) in [6.45, 7) is 0. The average Bonchev–Trinajstić information content (AvgIpc) is 2.45. The van der Waals surface area contributed by atoms with E-state index in [1.54, 1.807) is 7.11 Å². The highest BCUT2D eigenvalue weighted by Gasteiger charge is 2.13. The Balaban J connectivity index is 2.19. The highest BCUT2D eigenvalue weighted by atomic mass is 35.5. The molecule has 0 bridgehead atoms. The van der Waals surface area contributed by atoms with Crippen molar-refractivity contribution in [1.29, 1.82) is 0 Å². The Morgan fingerprint density at radius 3 is 2.84 bits per heavy atom. The summed E-state index contributed by atoms with van der Waals surface area (Å²) in [4.78, 5) is 8.30. The second kappa shape index (κ2) is 6.50. The molecule has 1 heterocycles. The van der Waals surface area contributed by atoms with Crippen LogP contribution < -0.4 is 10.1 Å². The van der Waals surface area contributed by atoms with Crippen LogP contribution in [0.1, 0.15) is 17.3 Å². The van der Waals surface area contributed by atoms with Gasteiger partial charge in [0.15, 0.2) is 0 Å². The van der Waals surface area contributed by atoms with Crippen LogP contribution in [0.25, 0.3) is 0 Å². The summed E-state index contributed by atoms with van der Waals surface area (Å²) in [7, 11) is 3.50. The summed E-state index contributed by atoms with van der Waals surface area (Å²) in [5, 5.41) is 3.99. The van der Waals surface area contributed by atoms with Gasteiger partial charge in [0.25, 0.3) is 0 Å². The first-order chi connectivity index (χ1) is 9.22. The summed E-state index contributed by atoms with van der Waals surface area (Å²) >= 11 is 6.00. The van der Waals surface area contributed by atoms with Crippen LogP contribution in [-0.4, -0.2) is 24.1 Å². The Bertz CT molecular complexity index is 548. The molecule has 0 aliphatic heterocycles. The lowest BCUT2D eigenvalue weighted by atomic mass is 10.0. The SMILES string of the molecule is CNC(Cc1cccc(Cl)c1)c1cc(OC)ncn1. The first kappa shape index (κ1) is 13.8. The van der Waals surface area contributed by atoms with Crippen molar-refractivity contribution in [2.75, 3.05) is 14.2 Å². The Morgan fingerprint density at radius 1 is 1.32 bits per heavy atom. The van der Waals surface area contributed by atoms with Crippen molar-refractivity contribution in [2.45, 2.75) is 12.5 Å². The van der Waals surface area contributed by atoms with Crippen LogP contribution in [0.3, 0.4) is 0 Å². The number of nitrogens with zero attached hydrogens (tertiary/aromatic N) is 2. The molecular formula is C14H16ClN3O. The molecule has 19 heavy (non-hydrogen) atoms. The Labute approximate surface area is 117 Å². The smallest absolute Gasteiger partial charge is 0.216 e. The van der Waals surface area contributed by atoms with Gasteiger partial charge >= 0.3 is 0 Å². The summed E-state index contributed by atoms with van der Waals surface area (Å²) in [6.07, 6.45) is 2.31. The van der Waals surface area contributed by atoms with Gasteiger partial charge in [0.05, 0.1) is 18.8 Å². The Kier molecular flexibility index (Phi) is 4.71. The summed E-state index contributed by atoms with van der Waals surface area (Å²) < 4.78 is 5.12. The number of hydrogen-bond donors (Lipinski definition) is 1. The minimum atomic E-state index is 0.0929. The molecule has 2 rings (SSSR count). The highest BCUT2D eigenvalue weighted by Crippen LogP contribution is 2.20. The minimum absolute atomic E-state index is 0.0929. The van der Waals surface area contributed by atoms with Gasteiger partial charge in [-0.05, 0) is 31.2 Å². The van der Waals surface area contributed by atoms with Crippen molar-refractivity contribution in [3.05, 3.63) is 52.9 Å². The Morgan fingerprint density at radius 2 is 2.16 bits per heavy atom. The normalized spacial score (nSPS) is 12.2. The molecule has 0 amide bonds. The number of halogens is 1. The van der Waals surface area contributed by atoms with Gasteiger partial charge in [-0.2, -0.15) is 0 Å². The second-order valence-electron chi connectivity index (χ2n) is 4.16. The van der Waals surface area contributed by atoms with Gasteiger partial charge in [0.2, 0.25) is 5.88 Å². The maximum absolute atomic E-state index is 6.00. The Hall–Kier alpha value is -1.65. The van der Waals surface area contributed by atoms with Gasteiger partial charge in [0, 0.05) is 11.1 Å². The number of nitrogens with one attached hydrogen (secondary N) is 1. The number of rotatable bonds is 5. The predicted molar refractivity (Wildman–Crippen MR) is 75.5 cm³/mol. The monoisotopic (exact) mass is 277 g/mol. The molecule has 1 aromatic carbocycles. The zero-order valence-electron chi connectivity index (χ0n) is 10.9. The molecule has 0 aliphatic carbocycles. The topological polar surface area (TPSA) is 47.0 Å². The molecule has 2 aromatic rings. The van der Waals surface area contributed by atoms with Crippen molar-refractivity contribution >= 4 is 11.6 Å².